The Morgan fingerprint density at radius 2 is 2.05 bits per heavy atom. The largest absolute Gasteiger partial charge is 0.271 e. The van der Waals surface area contributed by atoms with Crippen LogP contribution in [0.4, 0.5) is 8.78 Å². The van der Waals surface area contributed by atoms with Crippen molar-refractivity contribution in [2.24, 2.45) is 5.84 Å². The average molecular weight is 283 g/mol. The summed E-state index contributed by atoms with van der Waals surface area (Å²) in [5, 5.41) is 2.86. The molecule has 0 aliphatic rings. The Hall–Kier alpha value is -1.37. The first kappa shape index (κ1) is 14.0. The van der Waals surface area contributed by atoms with Crippen molar-refractivity contribution in [1.82, 2.24) is 10.4 Å². The van der Waals surface area contributed by atoms with Crippen LogP contribution >= 0.6 is 11.3 Å². The van der Waals surface area contributed by atoms with E-state index in [0.717, 1.165) is 16.8 Å². The monoisotopic (exact) mass is 283 g/mol. The van der Waals surface area contributed by atoms with E-state index in [1.807, 2.05) is 12.3 Å². The molecule has 3 nitrogen and oxygen atoms in total. The van der Waals surface area contributed by atoms with Gasteiger partial charge in [0.1, 0.15) is 11.6 Å². The SMILES string of the molecule is Cc1nc(CC(NN)c2cc(C)c(F)cc2F)cs1. The van der Waals surface area contributed by atoms with Crippen molar-refractivity contribution in [1.29, 1.82) is 0 Å². The number of benzene rings is 1. The van der Waals surface area contributed by atoms with Gasteiger partial charge in [0.25, 0.3) is 0 Å². The molecule has 1 aromatic heterocycles. The lowest BCUT2D eigenvalue weighted by atomic mass is 10.00. The van der Waals surface area contributed by atoms with Crippen LogP contribution in [0.15, 0.2) is 17.5 Å². The Morgan fingerprint density at radius 3 is 2.63 bits per heavy atom. The highest BCUT2D eigenvalue weighted by molar-refractivity contribution is 7.09. The highest BCUT2D eigenvalue weighted by atomic mass is 32.1. The number of aryl methyl sites for hydroxylation is 2. The molecule has 3 N–H and O–H groups in total. The topological polar surface area (TPSA) is 50.9 Å². The lowest BCUT2D eigenvalue weighted by Gasteiger charge is -2.17. The van der Waals surface area contributed by atoms with Gasteiger partial charge < -0.3 is 0 Å². The fourth-order valence-corrected chi connectivity index (χ4v) is 2.54. The molecule has 0 saturated heterocycles. The van der Waals surface area contributed by atoms with Crippen molar-refractivity contribution in [3.8, 4) is 0 Å². The van der Waals surface area contributed by atoms with E-state index in [4.69, 9.17) is 5.84 Å². The third kappa shape index (κ3) is 3.15. The maximum absolute atomic E-state index is 13.8. The summed E-state index contributed by atoms with van der Waals surface area (Å²) in [6.45, 7) is 3.50. The summed E-state index contributed by atoms with van der Waals surface area (Å²) in [7, 11) is 0. The zero-order valence-corrected chi connectivity index (χ0v) is 11.5. The van der Waals surface area contributed by atoms with Crippen LogP contribution in [0, 0.1) is 25.5 Å². The van der Waals surface area contributed by atoms with Gasteiger partial charge in [-0.05, 0) is 25.5 Å². The van der Waals surface area contributed by atoms with Gasteiger partial charge >= 0.3 is 0 Å². The van der Waals surface area contributed by atoms with Gasteiger partial charge in [0.05, 0.1) is 16.7 Å². The predicted molar refractivity (Wildman–Crippen MR) is 71.7 cm³/mol. The maximum atomic E-state index is 13.8. The summed E-state index contributed by atoms with van der Waals surface area (Å²) < 4.78 is 27.1. The van der Waals surface area contributed by atoms with E-state index in [0.29, 0.717) is 17.5 Å². The van der Waals surface area contributed by atoms with E-state index in [2.05, 4.69) is 10.4 Å². The van der Waals surface area contributed by atoms with Crippen molar-refractivity contribution in [3.05, 3.63) is 51.0 Å². The third-order valence-electron chi connectivity index (χ3n) is 2.93. The maximum Gasteiger partial charge on any atom is 0.130 e. The second-order valence-electron chi connectivity index (χ2n) is 4.40. The van der Waals surface area contributed by atoms with Gasteiger partial charge in [0.15, 0.2) is 0 Å². The molecule has 1 heterocycles. The number of aromatic nitrogens is 1. The first-order valence-corrected chi connectivity index (χ1v) is 6.72. The van der Waals surface area contributed by atoms with Gasteiger partial charge in [0, 0.05) is 23.4 Å². The molecule has 1 aromatic carbocycles. The number of halogens is 2. The minimum atomic E-state index is -0.599. The van der Waals surface area contributed by atoms with Gasteiger partial charge in [-0.2, -0.15) is 0 Å². The number of hydrogen-bond acceptors (Lipinski definition) is 4. The second kappa shape index (κ2) is 5.73. The van der Waals surface area contributed by atoms with E-state index in [1.54, 1.807) is 6.92 Å². The molecular formula is C13H15F2N3S. The van der Waals surface area contributed by atoms with E-state index < -0.39 is 17.7 Å². The molecule has 2 aromatic rings. The first-order valence-electron chi connectivity index (χ1n) is 5.84. The lowest BCUT2D eigenvalue weighted by Crippen LogP contribution is -2.30. The summed E-state index contributed by atoms with van der Waals surface area (Å²) in [5.41, 5.74) is 4.15. The quantitative estimate of drug-likeness (QED) is 0.670. The predicted octanol–water partition coefficient (Wildman–Crippen LogP) is 2.79. The fraction of sp³-hybridized carbons (Fsp3) is 0.308. The van der Waals surface area contributed by atoms with Crippen LogP contribution in [0.5, 0.6) is 0 Å². The molecule has 0 fully saturated rings. The highest BCUT2D eigenvalue weighted by Crippen LogP contribution is 2.24. The molecule has 0 radical (unpaired) electrons. The number of hydrogen-bond donors (Lipinski definition) is 2. The van der Waals surface area contributed by atoms with Crippen molar-refractivity contribution >= 4 is 11.3 Å². The summed E-state index contributed by atoms with van der Waals surface area (Å²) in [6.07, 6.45) is 0.461. The summed E-state index contributed by atoms with van der Waals surface area (Å²) in [6, 6.07) is 1.94. The van der Waals surface area contributed by atoms with Crippen LogP contribution in [-0.4, -0.2) is 4.98 Å². The van der Waals surface area contributed by atoms with Crippen molar-refractivity contribution < 1.29 is 8.78 Å². The number of thiazole rings is 1. The Balaban J connectivity index is 2.29. The molecular weight excluding hydrogens is 268 g/mol. The molecule has 0 spiro atoms. The molecule has 1 atom stereocenters. The minimum Gasteiger partial charge on any atom is -0.271 e. The zero-order chi connectivity index (χ0) is 14.0. The third-order valence-corrected chi connectivity index (χ3v) is 3.76. The number of nitrogens with two attached hydrogens (primary N) is 1. The van der Waals surface area contributed by atoms with Crippen LogP contribution in [-0.2, 0) is 6.42 Å². The summed E-state index contributed by atoms with van der Waals surface area (Å²) >= 11 is 1.53. The van der Waals surface area contributed by atoms with Crippen LogP contribution in [0.25, 0.3) is 0 Å². The minimum absolute atomic E-state index is 0.354. The number of nitrogens with one attached hydrogen (secondary N) is 1. The Morgan fingerprint density at radius 1 is 1.32 bits per heavy atom. The van der Waals surface area contributed by atoms with Gasteiger partial charge in [0.2, 0.25) is 0 Å². The van der Waals surface area contributed by atoms with Gasteiger partial charge in [-0.15, -0.1) is 11.3 Å². The number of nitrogens with zero attached hydrogens (tertiary/aromatic N) is 1. The van der Waals surface area contributed by atoms with Gasteiger partial charge in [-0.25, -0.2) is 13.8 Å². The second-order valence-corrected chi connectivity index (χ2v) is 5.47. The Kier molecular flexibility index (Phi) is 4.24. The van der Waals surface area contributed by atoms with Crippen molar-refractivity contribution in [2.75, 3.05) is 0 Å². The molecule has 2 rings (SSSR count). The van der Waals surface area contributed by atoms with E-state index in [1.165, 1.54) is 17.4 Å². The lowest BCUT2D eigenvalue weighted by molar-refractivity contribution is 0.498. The molecule has 102 valence electrons. The molecule has 0 bridgehead atoms. The standard InChI is InChI=1S/C13H15F2N3S/c1-7-3-10(12(15)5-11(7)14)13(18-16)4-9-6-19-8(2)17-9/h3,5-6,13,18H,4,16H2,1-2H3. The number of rotatable bonds is 4. The molecule has 6 heteroatoms. The van der Waals surface area contributed by atoms with E-state index >= 15 is 0 Å². The molecule has 19 heavy (non-hydrogen) atoms. The smallest absolute Gasteiger partial charge is 0.130 e. The van der Waals surface area contributed by atoms with Crippen LogP contribution in [0.3, 0.4) is 0 Å². The van der Waals surface area contributed by atoms with Crippen molar-refractivity contribution in [2.45, 2.75) is 26.3 Å². The van der Waals surface area contributed by atoms with E-state index in [9.17, 15) is 8.78 Å². The van der Waals surface area contributed by atoms with Crippen LogP contribution in [0.2, 0.25) is 0 Å². The Labute approximate surface area is 114 Å². The molecule has 0 amide bonds. The van der Waals surface area contributed by atoms with Gasteiger partial charge in [-0.1, -0.05) is 0 Å². The highest BCUT2D eigenvalue weighted by Gasteiger charge is 2.18. The summed E-state index contributed by atoms with van der Waals surface area (Å²) in [5.74, 6) is 4.33. The molecule has 1 unspecified atom stereocenters. The van der Waals surface area contributed by atoms with E-state index in [-0.39, 0.29) is 0 Å². The molecule has 0 saturated carbocycles. The molecule has 0 aliphatic heterocycles. The zero-order valence-electron chi connectivity index (χ0n) is 10.7. The average Bonchev–Trinajstić information content (AvgIpc) is 2.77. The van der Waals surface area contributed by atoms with Gasteiger partial charge in [-0.3, -0.25) is 11.3 Å². The summed E-state index contributed by atoms with van der Waals surface area (Å²) in [4.78, 5) is 4.32. The van der Waals surface area contributed by atoms with Crippen molar-refractivity contribution in [3.63, 3.8) is 0 Å². The normalized spacial score (nSPS) is 12.7. The fourth-order valence-electron chi connectivity index (χ4n) is 1.92. The Bertz CT molecular complexity index is 583. The first-order chi connectivity index (χ1) is 9.01. The number of hydrazine groups is 1. The van der Waals surface area contributed by atoms with Crippen LogP contribution in [0.1, 0.15) is 27.9 Å². The molecule has 0 aliphatic carbocycles. The van der Waals surface area contributed by atoms with Crippen LogP contribution < -0.4 is 11.3 Å².